The summed E-state index contributed by atoms with van der Waals surface area (Å²) in [5.41, 5.74) is 1.55. The van der Waals surface area contributed by atoms with E-state index in [1.807, 2.05) is 47.6 Å². The lowest BCUT2D eigenvalue weighted by Gasteiger charge is -2.16. The lowest BCUT2D eigenvalue weighted by molar-refractivity contribution is -0.123. The molecular formula is C20H30N2O5. The third kappa shape index (κ3) is 6.92. The smallest absolute Gasteiger partial charge is 0.342 e. The van der Waals surface area contributed by atoms with Crippen LogP contribution in [0.5, 0.6) is 5.75 Å². The molecular weight excluding hydrogens is 348 g/mol. The Kier molecular flexibility index (Phi) is 8.28. The van der Waals surface area contributed by atoms with Crippen molar-refractivity contribution in [3.8, 4) is 5.75 Å². The summed E-state index contributed by atoms with van der Waals surface area (Å²) in [5, 5.41) is 15.0. The fourth-order valence-corrected chi connectivity index (χ4v) is 2.32. The van der Waals surface area contributed by atoms with Gasteiger partial charge in [-0.1, -0.05) is 47.6 Å². The average Bonchev–Trinajstić information content (AvgIpc) is 2.57. The molecule has 1 aromatic rings. The number of urea groups is 1. The molecule has 150 valence electrons. The summed E-state index contributed by atoms with van der Waals surface area (Å²) in [4.78, 5) is 35.7. The number of imide groups is 1. The second kappa shape index (κ2) is 9.94. The fraction of sp³-hybridized carbons (Fsp3) is 0.550. The van der Waals surface area contributed by atoms with Crippen LogP contribution in [0.25, 0.3) is 0 Å². The van der Waals surface area contributed by atoms with Gasteiger partial charge in [-0.15, -0.1) is 0 Å². The predicted molar refractivity (Wildman–Crippen MR) is 103 cm³/mol. The molecule has 0 saturated heterocycles. The van der Waals surface area contributed by atoms with Crippen LogP contribution in [-0.4, -0.2) is 36.2 Å². The average molecular weight is 378 g/mol. The highest BCUT2D eigenvalue weighted by atomic mass is 16.5. The Morgan fingerprint density at radius 3 is 2.19 bits per heavy atom. The number of hydrogen-bond acceptors (Lipinski definition) is 5. The number of benzene rings is 1. The molecule has 27 heavy (non-hydrogen) atoms. The van der Waals surface area contributed by atoms with E-state index in [4.69, 9.17) is 4.74 Å². The van der Waals surface area contributed by atoms with Gasteiger partial charge in [-0.2, -0.15) is 0 Å². The van der Waals surface area contributed by atoms with Gasteiger partial charge >= 0.3 is 12.0 Å². The molecule has 0 spiro atoms. The highest BCUT2D eigenvalue weighted by Crippen LogP contribution is 2.33. The van der Waals surface area contributed by atoms with Crippen molar-refractivity contribution in [1.29, 1.82) is 0 Å². The Morgan fingerprint density at radius 1 is 1.04 bits per heavy atom. The molecule has 0 aliphatic rings. The molecule has 0 radical (unpaired) electrons. The molecule has 0 bridgehead atoms. The zero-order chi connectivity index (χ0) is 20.7. The second-order valence-electron chi connectivity index (χ2n) is 7.54. The molecule has 0 unspecified atom stereocenters. The van der Waals surface area contributed by atoms with Crippen molar-refractivity contribution in [3.05, 3.63) is 28.8 Å². The lowest BCUT2D eigenvalue weighted by Crippen LogP contribution is -2.42. The summed E-state index contributed by atoms with van der Waals surface area (Å²) >= 11 is 0. The van der Waals surface area contributed by atoms with Crippen molar-refractivity contribution in [3.63, 3.8) is 0 Å². The largest absolute Gasteiger partial charge is 0.507 e. The van der Waals surface area contributed by atoms with Crippen LogP contribution >= 0.6 is 0 Å². The normalized spacial score (nSPS) is 11.0. The van der Waals surface area contributed by atoms with Crippen molar-refractivity contribution >= 4 is 17.9 Å². The maximum atomic E-state index is 12.4. The number of aromatic hydroxyl groups is 1. The summed E-state index contributed by atoms with van der Waals surface area (Å²) in [7, 11) is 0. The Morgan fingerprint density at radius 2 is 1.67 bits per heavy atom. The van der Waals surface area contributed by atoms with Gasteiger partial charge in [-0.3, -0.25) is 10.1 Å². The number of ether oxygens (including phenoxy) is 1. The summed E-state index contributed by atoms with van der Waals surface area (Å²) in [6.07, 6.45) is 0. The van der Waals surface area contributed by atoms with Gasteiger partial charge in [0.1, 0.15) is 11.3 Å². The standard InChI is InChI=1S/C20H30N2O5/c1-11(2)9-21-20(26)22-17(23)10-27-19(25)16-8-14(12(3)4)7-15(13(5)6)18(16)24/h7-8,11-13,24H,9-10H2,1-6H3,(H2,21,22,23,26). The highest BCUT2D eigenvalue weighted by Gasteiger charge is 2.21. The van der Waals surface area contributed by atoms with Crippen LogP contribution in [0.4, 0.5) is 4.79 Å². The first-order valence-corrected chi connectivity index (χ1v) is 9.14. The first kappa shape index (κ1) is 22.5. The van der Waals surface area contributed by atoms with Crippen molar-refractivity contribution in [2.24, 2.45) is 5.92 Å². The van der Waals surface area contributed by atoms with Gasteiger partial charge in [0.2, 0.25) is 0 Å². The summed E-state index contributed by atoms with van der Waals surface area (Å²) < 4.78 is 4.98. The third-order valence-electron chi connectivity index (χ3n) is 3.93. The van der Waals surface area contributed by atoms with E-state index in [0.717, 1.165) is 5.56 Å². The third-order valence-corrected chi connectivity index (χ3v) is 3.93. The molecule has 0 saturated carbocycles. The molecule has 3 amide bonds. The molecule has 0 fully saturated rings. The monoisotopic (exact) mass is 378 g/mol. The van der Waals surface area contributed by atoms with Gasteiger partial charge in [0, 0.05) is 6.54 Å². The zero-order valence-corrected chi connectivity index (χ0v) is 16.9. The maximum Gasteiger partial charge on any atom is 0.342 e. The first-order valence-electron chi connectivity index (χ1n) is 9.14. The minimum absolute atomic E-state index is 0.0157. The molecule has 0 aliphatic carbocycles. The van der Waals surface area contributed by atoms with Crippen molar-refractivity contribution in [1.82, 2.24) is 10.6 Å². The van der Waals surface area contributed by atoms with Crippen LogP contribution in [0.15, 0.2) is 12.1 Å². The number of esters is 1. The Hall–Kier alpha value is -2.57. The fourth-order valence-electron chi connectivity index (χ4n) is 2.32. The van der Waals surface area contributed by atoms with Crippen LogP contribution in [0.1, 0.15) is 74.9 Å². The van der Waals surface area contributed by atoms with Gasteiger partial charge in [0.05, 0.1) is 0 Å². The molecule has 7 nitrogen and oxygen atoms in total. The molecule has 0 aromatic heterocycles. The van der Waals surface area contributed by atoms with Crippen LogP contribution in [0, 0.1) is 5.92 Å². The minimum Gasteiger partial charge on any atom is -0.507 e. The topological polar surface area (TPSA) is 105 Å². The number of carbonyl (C=O) groups excluding carboxylic acids is 3. The van der Waals surface area contributed by atoms with Crippen molar-refractivity contribution in [2.45, 2.75) is 53.4 Å². The molecule has 3 N–H and O–H groups in total. The van der Waals surface area contributed by atoms with Gasteiger partial charge in [-0.25, -0.2) is 9.59 Å². The summed E-state index contributed by atoms with van der Waals surface area (Å²) in [6.45, 7) is 11.4. The Bertz CT molecular complexity index is 696. The van der Waals surface area contributed by atoms with E-state index in [1.165, 1.54) is 0 Å². The molecule has 1 rings (SSSR count). The van der Waals surface area contributed by atoms with Gasteiger partial charge in [0.15, 0.2) is 6.61 Å². The molecule has 0 atom stereocenters. The number of phenolic OH excluding ortho intramolecular Hbond substituents is 1. The van der Waals surface area contributed by atoms with Crippen LogP contribution < -0.4 is 10.6 Å². The van der Waals surface area contributed by atoms with Gasteiger partial charge in [0.25, 0.3) is 5.91 Å². The SMILES string of the molecule is CC(C)CNC(=O)NC(=O)COC(=O)c1cc(C(C)C)cc(C(C)C)c1O. The number of amides is 3. The van der Waals surface area contributed by atoms with Crippen LogP contribution in [0.2, 0.25) is 0 Å². The zero-order valence-electron chi connectivity index (χ0n) is 16.9. The number of carbonyl (C=O) groups is 3. The Balaban J connectivity index is 2.79. The quantitative estimate of drug-likeness (QED) is 0.632. The molecule has 0 aliphatic heterocycles. The highest BCUT2D eigenvalue weighted by molar-refractivity contribution is 5.98. The number of nitrogens with one attached hydrogen (secondary N) is 2. The predicted octanol–water partition coefficient (Wildman–Crippen LogP) is 3.28. The molecule has 1 aromatic carbocycles. The van der Waals surface area contributed by atoms with Gasteiger partial charge in [-0.05, 0) is 34.9 Å². The van der Waals surface area contributed by atoms with E-state index >= 15 is 0 Å². The summed E-state index contributed by atoms with van der Waals surface area (Å²) in [5.74, 6) is -1.28. The van der Waals surface area contributed by atoms with Gasteiger partial charge < -0.3 is 15.2 Å². The van der Waals surface area contributed by atoms with E-state index in [2.05, 4.69) is 10.6 Å². The van der Waals surface area contributed by atoms with Crippen molar-refractivity contribution < 1.29 is 24.2 Å². The number of rotatable bonds is 7. The number of phenols is 1. The second-order valence-corrected chi connectivity index (χ2v) is 7.54. The van der Waals surface area contributed by atoms with E-state index in [9.17, 15) is 19.5 Å². The molecule has 7 heteroatoms. The molecule has 0 heterocycles. The van der Waals surface area contributed by atoms with E-state index in [0.29, 0.717) is 12.1 Å². The summed E-state index contributed by atoms with van der Waals surface area (Å²) in [6, 6.07) is 2.80. The van der Waals surface area contributed by atoms with E-state index in [-0.39, 0.29) is 29.1 Å². The van der Waals surface area contributed by atoms with E-state index < -0.39 is 24.5 Å². The maximum absolute atomic E-state index is 12.4. The van der Waals surface area contributed by atoms with Crippen LogP contribution in [-0.2, 0) is 9.53 Å². The van der Waals surface area contributed by atoms with E-state index in [1.54, 1.807) is 6.07 Å². The lowest BCUT2D eigenvalue weighted by atomic mass is 9.92. The number of hydrogen-bond donors (Lipinski definition) is 3. The minimum atomic E-state index is -0.811. The van der Waals surface area contributed by atoms with Crippen LogP contribution in [0.3, 0.4) is 0 Å². The first-order chi connectivity index (χ1) is 12.5. The Labute approximate surface area is 160 Å². The van der Waals surface area contributed by atoms with Crippen molar-refractivity contribution in [2.75, 3.05) is 13.2 Å².